The first-order chi connectivity index (χ1) is 9.00. The number of sulfonamides is 1. The van der Waals surface area contributed by atoms with Gasteiger partial charge in [0.1, 0.15) is 16.4 Å². The van der Waals surface area contributed by atoms with Crippen molar-refractivity contribution in [2.45, 2.75) is 56.3 Å². The van der Waals surface area contributed by atoms with Crippen LogP contribution in [0.4, 0.5) is 0 Å². The summed E-state index contributed by atoms with van der Waals surface area (Å²) in [6.07, 6.45) is 3.81. The molecule has 1 aromatic heterocycles. The summed E-state index contributed by atoms with van der Waals surface area (Å²) in [6, 6.07) is 1.66. The summed E-state index contributed by atoms with van der Waals surface area (Å²) < 4.78 is 32.5. The molecule has 1 fully saturated rings. The van der Waals surface area contributed by atoms with Crippen molar-refractivity contribution >= 4 is 21.6 Å². The normalized spacial score (nSPS) is 21.7. The van der Waals surface area contributed by atoms with E-state index in [0.717, 1.165) is 25.7 Å². The molecule has 1 aromatic rings. The summed E-state index contributed by atoms with van der Waals surface area (Å²) in [7, 11) is -3.46. The van der Waals surface area contributed by atoms with Crippen molar-refractivity contribution in [3.05, 3.63) is 17.6 Å². The lowest BCUT2D eigenvalue weighted by atomic mass is 10.0. The summed E-state index contributed by atoms with van der Waals surface area (Å²) in [5.74, 6) is 1.12. The molecular formula is C13H20ClNO3S. The third kappa shape index (κ3) is 2.83. The van der Waals surface area contributed by atoms with Crippen LogP contribution in [0.25, 0.3) is 0 Å². The van der Waals surface area contributed by atoms with Crippen molar-refractivity contribution in [1.82, 2.24) is 4.31 Å². The van der Waals surface area contributed by atoms with Gasteiger partial charge in [0, 0.05) is 18.7 Å². The number of nitrogens with zero attached hydrogens (tertiary/aromatic N) is 1. The summed E-state index contributed by atoms with van der Waals surface area (Å²) in [6.45, 7) is 4.31. The Kier molecular flexibility index (Phi) is 4.58. The summed E-state index contributed by atoms with van der Waals surface area (Å²) >= 11 is 5.70. The van der Waals surface area contributed by atoms with E-state index in [0.29, 0.717) is 18.1 Å². The second-order valence-corrected chi connectivity index (χ2v) is 7.07. The number of aryl methyl sites for hydroxylation is 1. The second-order valence-electron chi connectivity index (χ2n) is 4.94. The zero-order valence-electron chi connectivity index (χ0n) is 11.4. The molecule has 2 heterocycles. The fraction of sp³-hybridized carbons (Fsp3) is 0.692. The summed E-state index contributed by atoms with van der Waals surface area (Å²) in [5.41, 5.74) is 0. The van der Waals surface area contributed by atoms with Crippen molar-refractivity contribution in [1.29, 1.82) is 0 Å². The number of rotatable bonds is 4. The van der Waals surface area contributed by atoms with Crippen LogP contribution in [0.2, 0.25) is 0 Å². The number of hydrogen-bond donors (Lipinski definition) is 0. The van der Waals surface area contributed by atoms with Gasteiger partial charge in [0.2, 0.25) is 10.0 Å². The van der Waals surface area contributed by atoms with Gasteiger partial charge in [0.05, 0.1) is 5.88 Å². The van der Waals surface area contributed by atoms with E-state index < -0.39 is 10.0 Å². The Morgan fingerprint density at radius 1 is 1.47 bits per heavy atom. The SMILES string of the molecule is CCC1CCCCN1S(=O)(=O)c1cc(CCl)oc1C. The van der Waals surface area contributed by atoms with E-state index in [1.165, 1.54) is 0 Å². The molecule has 108 valence electrons. The predicted molar refractivity (Wildman–Crippen MR) is 74.8 cm³/mol. The minimum Gasteiger partial charge on any atom is -0.464 e. The number of furan rings is 1. The van der Waals surface area contributed by atoms with Gasteiger partial charge in [-0.05, 0) is 26.2 Å². The second kappa shape index (κ2) is 5.85. The van der Waals surface area contributed by atoms with Crippen molar-refractivity contribution < 1.29 is 12.8 Å². The van der Waals surface area contributed by atoms with E-state index in [4.69, 9.17) is 16.0 Å². The van der Waals surface area contributed by atoms with E-state index in [1.807, 2.05) is 6.92 Å². The Hall–Kier alpha value is -0.520. The topological polar surface area (TPSA) is 50.5 Å². The molecular weight excluding hydrogens is 286 g/mol. The third-order valence-electron chi connectivity index (χ3n) is 3.69. The van der Waals surface area contributed by atoms with Gasteiger partial charge in [-0.25, -0.2) is 8.42 Å². The maximum absolute atomic E-state index is 12.7. The number of hydrogen-bond acceptors (Lipinski definition) is 3. The van der Waals surface area contributed by atoms with E-state index in [9.17, 15) is 8.42 Å². The highest BCUT2D eigenvalue weighted by Crippen LogP contribution is 2.30. The smallest absolute Gasteiger partial charge is 0.246 e. The van der Waals surface area contributed by atoms with Gasteiger partial charge in [-0.2, -0.15) is 4.31 Å². The van der Waals surface area contributed by atoms with Gasteiger partial charge in [0.15, 0.2) is 0 Å². The Bertz CT molecular complexity index is 538. The predicted octanol–water partition coefficient (Wildman–Crippen LogP) is 3.28. The van der Waals surface area contributed by atoms with Gasteiger partial charge in [-0.15, -0.1) is 11.6 Å². The van der Waals surface area contributed by atoms with Gasteiger partial charge >= 0.3 is 0 Å². The molecule has 0 amide bonds. The summed E-state index contributed by atoms with van der Waals surface area (Å²) in [5, 5.41) is 0. The standard InChI is InChI=1S/C13H20ClNO3S/c1-3-11-6-4-5-7-15(11)19(16,17)13-8-12(9-14)18-10(13)2/h8,11H,3-7,9H2,1-2H3. The lowest BCUT2D eigenvalue weighted by Crippen LogP contribution is -2.43. The maximum Gasteiger partial charge on any atom is 0.246 e. The van der Waals surface area contributed by atoms with E-state index in [1.54, 1.807) is 17.3 Å². The lowest BCUT2D eigenvalue weighted by molar-refractivity contribution is 0.246. The quantitative estimate of drug-likeness (QED) is 0.802. The van der Waals surface area contributed by atoms with Crippen LogP contribution in [0.3, 0.4) is 0 Å². The van der Waals surface area contributed by atoms with Gasteiger partial charge in [-0.3, -0.25) is 0 Å². The molecule has 1 aliphatic rings. The highest BCUT2D eigenvalue weighted by molar-refractivity contribution is 7.89. The molecule has 0 spiro atoms. The van der Waals surface area contributed by atoms with Crippen molar-refractivity contribution in [2.75, 3.05) is 6.54 Å². The van der Waals surface area contributed by atoms with Gasteiger partial charge in [-0.1, -0.05) is 13.3 Å². The minimum atomic E-state index is -3.46. The molecule has 1 aliphatic heterocycles. The van der Waals surface area contributed by atoms with Crippen LogP contribution in [-0.2, 0) is 15.9 Å². The molecule has 0 aliphatic carbocycles. The van der Waals surface area contributed by atoms with E-state index in [-0.39, 0.29) is 16.8 Å². The monoisotopic (exact) mass is 305 g/mol. The molecule has 6 heteroatoms. The van der Waals surface area contributed by atoms with Gasteiger partial charge < -0.3 is 4.42 Å². The van der Waals surface area contributed by atoms with Crippen LogP contribution in [0, 0.1) is 6.92 Å². The van der Waals surface area contributed by atoms with Crippen molar-refractivity contribution in [3.8, 4) is 0 Å². The molecule has 0 bridgehead atoms. The van der Waals surface area contributed by atoms with E-state index >= 15 is 0 Å². The zero-order valence-corrected chi connectivity index (χ0v) is 12.9. The number of piperidine rings is 1. The Balaban J connectivity index is 2.37. The van der Waals surface area contributed by atoms with Crippen LogP contribution in [-0.4, -0.2) is 25.3 Å². The maximum atomic E-state index is 12.7. The molecule has 4 nitrogen and oxygen atoms in total. The van der Waals surface area contributed by atoms with Crippen LogP contribution in [0.1, 0.15) is 44.1 Å². The first-order valence-electron chi connectivity index (χ1n) is 6.67. The van der Waals surface area contributed by atoms with Crippen molar-refractivity contribution in [3.63, 3.8) is 0 Å². The zero-order chi connectivity index (χ0) is 14.0. The minimum absolute atomic E-state index is 0.104. The van der Waals surface area contributed by atoms with Crippen LogP contribution < -0.4 is 0 Å². The number of alkyl halides is 1. The summed E-state index contributed by atoms with van der Waals surface area (Å²) in [4.78, 5) is 0.267. The Morgan fingerprint density at radius 2 is 2.21 bits per heavy atom. The highest BCUT2D eigenvalue weighted by atomic mass is 35.5. The molecule has 19 heavy (non-hydrogen) atoms. The molecule has 0 radical (unpaired) electrons. The largest absolute Gasteiger partial charge is 0.464 e. The first kappa shape index (κ1) is 14.9. The average molecular weight is 306 g/mol. The van der Waals surface area contributed by atoms with E-state index in [2.05, 4.69) is 0 Å². The van der Waals surface area contributed by atoms with Crippen LogP contribution >= 0.6 is 11.6 Å². The van der Waals surface area contributed by atoms with Crippen molar-refractivity contribution in [2.24, 2.45) is 0 Å². The molecule has 0 N–H and O–H groups in total. The van der Waals surface area contributed by atoms with Gasteiger partial charge in [0.25, 0.3) is 0 Å². The third-order valence-corrected chi connectivity index (χ3v) is 6.01. The molecule has 1 atom stereocenters. The lowest BCUT2D eigenvalue weighted by Gasteiger charge is -2.33. The molecule has 2 rings (SSSR count). The average Bonchev–Trinajstić information content (AvgIpc) is 2.80. The Labute approximate surface area is 119 Å². The fourth-order valence-corrected chi connectivity index (χ4v) is 4.76. The van der Waals surface area contributed by atoms with Crippen LogP contribution in [0.15, 0.2) is 15.4 Å². The van der Waals surface area contributed by atoms with Crippen LogP contribution in [0.5, 0.6) is 0 Å². The Morgan fingerprint density at radius 3 is 2.79 bits per heavy atom. The molecule has 1 saturated heterocycles. The highest BCUT2D eigenvalue weighted by Gasteiger charge is 2.34. The molecule has 1 unspecified atom stereocenters. The molecule has 0 saturated carbocycles. The first-order valence-corrected chi connectivity index (χ1v) is 8.65. The number of halogens is 1. The molecule has 0 aromatic carbocycles. The fourth-order valence-electron chi connectivity index (χ4n) is 2.67.